The second-order valence-corrected chi connectivity index (χ2v) is 9.29. The van der Waals surface area contributed by atoms with Crippen molar-refractivity contribution in [1.29, 1.82) is 0 Å². The zero-order chi connectivity index (χ0) is 31.3. The van der Waals surface area contributed by atoms with E-state index in [1.54, 1.807) is 26.0 Å². The van der Waals surface area contributed by atoms with Gasteiger partial charge in [-0.25, -0.2) is 9.59 Å². The van der Waals surface area contributed by atoms with Crippen LogP contribution in [0.5, 0.6) is 34.5 Å². The molecule has 3 N–H and O–H groups in total. The molecular formula is C30H31NO11. The van der Waals surface area contributed by atoms with Crippen LogP contribution in [-0.2, 0) is 4.79 Å². The quantitative estimate of drug-likeness (QED) is 0.234. The largest absolute Gasteiger partial charge is 0.507 e. The van der Waals surface area contributed by atoms with E-state index in [0.29, 0.717) is 16.9 Å². The standard InChI is InChI=1S/C30H31NO11/c1-14-9-19(11-21(32)24(14)27(33)31-17(4)28(34)35)41-29(36)26-16(3)10-20(13-23(26)40-7)42-30(37)25-15(2)8-18(38-5)12-22(25)39-6/h8-13,17,32H,1-7H3,(H,31,33)(H,34,35)/t17-/m0/s1. The smallest absolute Gasteiger partial charge is 0.347 e. The molecule has 42 heavy (non-hydrogen) atoms. The lowest BCUT2D eigenvalue weighted by molar-refractivity contribution is -0.138. The number of benzene rings is 3. The van der Waals surface area contributed by atoms with E-state index in [-0.39, 0.29) is 45.3 Å². The molecular weight excluding hydrogens is 550 g/mol. The van der Waals surface area contributed by atoms with Crippen LogP contribution in [0, 0.1) is 20.8 Å². The Hall–Kier alpha value is -5.26. The number of methoxy groups -OCH3 is 3. The highest BCUT2D eigenvalue weighted by atomic mass is 16.5. The maximum atomic E-state index is 13.2. The van der Waals surface area contributed by atoms with Gasteiger partial charge in [-0.3, -0.25) is 9.59 Å². The first-order valence-corrected chi connectivity index (χ1v) is 12.5. The van der Waals surface area contributed by atoms with Crippen molar-refractivity contribution < 1.29 is 53.1 Å². The van der Waals surface area contributed by atoms with Gasteiger partial charge in [-0.2, -0.15) is 0 Å². The summed E-state index contributed by atoms with van der Waals surface area (Å²) < 4.78 is 27.0. The van der Waals surface area contributed by atoms with E-state index in [0.717, 1.165) is 6.07 Å². The Kier molecular flexibility index (Phi) is 9.63. The minimum Gasteiger partial charge on any atom is -0.507 e. The number of carboxylic acids is 1. The lowest BCUT2D eigenvalue weighted by atomic mass is 10.1. The summed E-state index contributed by atoms with van der Waals surface area (Å²) in [7, 11) is 4.24. The molecule has 3 rings (SSSR count). The third-order valence-corrected chi connectivity index (χ3v) is 6.28. The Bertz CT molecular complexity index is 1540. The molecule has 12 nitrogen and oxygen atoms in total. The topological polar surface area (TPSA) is 167 Å². The van der Waals surface area contributed by atoms with Gasteiger partial charge in [0.25, 0.3) is 5.91 Å². The van der Waals surface area contributed by atoms with Crippen molar-refractivity contribution in [2.75, 3.05) is 21.3 Å². The fraction of sp³-hybridized carbons (Fsp3) is 0.267. The maximum absolute atomic E-state index is 13.2. The van der Waals surface area contributed by atoms with E-state index < -0.39 is 35.6 Å². The second kappa shape index (κ2) is 12.9. The first-order chi connectivity index (χ1) is 19.8. The van der Waals surface area contributed by atoms with Crippen molar-refractivity contribution >= 4 is 23.8 Å². The number of phenolic OH excluding ortho intramolecular Hbond substituents is 1. The van der Waals surface area contributed by atoms with Crippen molar-refractivity contribution in [2.45, 2.75) is 33.7 Å². The third-order valence-electron chi connectivity index (χ3n) is 6.28. The van der Waals surface area contributed by atoms with E-state index >= 15 is 0 Å². The number of aryl methyl sites for hydroxylation is 3. The molecule has 0 saturated heterocycles. The van der Waals surface area contributed by atoms with E-state index in [4.69, 9.17) is 28.8 Å². The zero-order valence-corrected chi connectivity index (χ0v) is 24.1. The van der Waals surface area contributed by atoms with Crippen LogP contribution in [0.2, 0.25) is 0 Å². The number of aliphatic carboxylic acids is 1. The molecule has 0 aliphatic rings. The van der Waals surface area contributed by atoms with Crippen molar-refractivity contribution in [2.24, 2.45) is 0 Å². The normalized spacial score (nSPS) is 11.2. The molecule has 0 unspecified atom stereocenters. The van der Waals surface area contributed by atoms with Gasteiger partial charge in [0.1, 0.15) is 51.7 Å². The summed E-state index contributed by atoms with van der Waals surface area (Å²) in [6.07, 6.45) is 0. The highest BCUT2D eigenvalue weighted by molar-refractivity contribution is 6.01. The van der Waals surface area contributed by atoms with Crippen LogP contribution in [0.4, 0.5) is 0 Å². The number of hydrogen-bond acceptors (Lipinski definition) is 10. The number of nitrogens with one attached hydrogen (secondary N) is 1. The number of hydrogen-bond donors (Lipinski definition) is 3. The fourth-order valence-electron chi connectivity index (χ4n) is 4.20. The Morgan fingerprint density at radius 1 is 0.667 bits per heavy atom. The SMILES string of the molecule is COc1cc(C)c(C(=O)Oc2cc(C)c(C(=O)Oc3cc(C)c(C(=O)N[C@@H](C)C(=O)O)c(O)c3)c(OC)c2)c(OC)c1. The van der Waals surface area contributed by atoms with Gasteiger partial charge in [-0.05, 0) is 62.6 Å². The van der Waals surface area contributed by atoms with Crippen LogP contribution >= 0.6 is 0 Å². The van der Waals surface area contributed by atoms with Gasteiger partial charge in [0.15, 0.2) is 0 Å². The molecule has 1 atom stereocenters. The van der Waals surface area contributed by atoms with Crippen LogP contribution in [-0.4, -0.2) is 61.4 Å². The number of carbonyl (C=O) groups is 4. The molecule has 0 fully saturated rings. The van der Waals surface area contributed by atoms with E-state index in [2.05, 4.69) is 5.32 Å². The van der Waals surface area contributed by atoms with Gasteiger partial charge in [0.05, 0.1) is 26.9 Å². The average molecular weight is 582 g/mol. The summed E-state index contributed by atoms with van der Waals surface area (Å²) >= 11 is 0. The fourth-order valence-corrected chi connectivity index (χ4v) is 4.20. The number of amides is 1. The molecule has 3 aromatic carbocycles. The second-order valence-electron chi connectivity index (χ2n) is 9.29. The molecule has 0 aliphatic heterocycles. The predicted octanol–water partition coefficient (Wildman–Crippen LogP) is 3.98. The summed E-state index contributed by atoms with van der Waals surface area (Å²) in [4.78, 5) is 49.7. The van der Waals surface area contributed by atoms with Crippen LogP contribution < -0.4 is 29.0 Å². The van der Waals surface area contributed by atoms with Gasteiger partial charge in [0, 0.05) is 18.2 Å². The van der Waals surface area contributed by atoms with Crippen molar-refractivity contribution in [3.05, 3.63) is 69.8 Å². The zero-order valence-electron chi connectivity index (χ0n) is 24.1. The molecule has 0 radical (unpaired) electrons. The first kappa shape index (κ1) is 31.3. The molecule has 1 amide bonds. The van der Waals surface area contributed by atoms with Crippen LogP contribution in [0.25, 0.3) is 0 Å². The highest BCUT2D eigenvalue weighted by Gasteiger charge is 2.25. The molecule has 0 heterocycles. The third kappa shape index (κ3) is 6.72. The number of phenols is 1. The van der Waals surface area contributed by atoms with Gasteiger partial charge in [-0.15, -0.1) is 0 Å². The minimum atomic E-state index is -1.24. The summed E-state index contributed by atoms with van der Waals surface area (Å²) in [6, 6.07) is 7.26. The van der Waals surface area contributed by atoms with Crippen LogP contribution in [0.15, 0.2) is 36.4 Å². The summed E-state index contributed by atoms with van der Waals surface area (Å²) in [5.41, 5.74) is 1.24. The van der Waals surface area contributed by atoms with Crippen LogP contribution in [0.1, 0.15) is 54.7 Å². The number of carboxylic acid groups (broad SMARTS) is 1. The lowest BCUT2D eigenvalue weighted by Gasteiger charge is -2.16. The monoisotopic (exact) mass is 581 g/mol. The van der Waals surface area contributed by atoms with E-state index in [1.807, 2.05) is 0 Å². The van der Waals surface area contributed by atoms with Gasteiger partial charge in [0.2, 0.25) is 0 Å². The molecule has 222 valence electrons. The number of carbonyl (C=O) groups excluding carboxylic acids is 3. The molecule has 12 heteroatoms. The van der Waals surface area contributed by atoms with E-state index in [9.17, 15) is 24.3 Å². The van der Waals surface area contributed by atoms with Crippen LogP contribution in [0.3, 0.4) is 0 Å². The van der Waals surface area contributed by atoms with Gasteiger partial charge in [-0.1, -0.05) is 0 Å². The lowest BCUT2D eigenvalue weighted by Crippen LogP contribution is -2.38. The summed E-state index contributed by atoms with van der Waals surface area (Å²) in [5.74, 6) is -3.24. The first-order valence-electron chi connectivity index (χ1n) is 12.5. The summed E-state index contributed by atoms with van der Waals surface area (Å²) in [5, 5.41) is 21.7. The average Bonchev–Trinajstić information content (AvgIpc) is 2.91. The van der Waals surface area contributed by atoms with Crippen molar-refractivity contribution in [3.63, 3.8) is 0 Å². The van der Waals surface area contributed by atoms with Crippen molar-refractivity contribution in [1.82, 2.24) is 5.32 Å². The minimum absolute atomic E-state index is 0.0322. The Morgan fingerprint density at radius 3 is 1.52 bits per heavy atom. The Morgan fingerprint density at radius 2 is 1.10 bits per heavy atom. The molecule has 0 bridgehead atoms. The highest BCUT2D eigenvalue weighted by Crippen LogP contribution is 2.34. The maximum Gasteiger partial charge on any atom is 0.347 e. The number of rotatable bonds is 10. The Labute approximate surface area is 241 Å². The molecule has 0 aromatic heterocycles. The van der Waals surface area contributed by atoms with E-state index in [1.165, 1.54) is 53.4 Å². The van der Waals surface area contributed by atoms with Gasteiger partial charge < -0.3 is 39.2 Å². The van der Waals surface area contributed by atoms with Crippen molar-refractivity contribution in [3.8, 4) is 34.5 Å². The molecule has 3 aromatic rings. The number of aromatic hydroxyl groups is 1. The summed E-state index contributed by atoms with van der Waals surface area (Å²) in [6.45, 7) is 6.07. The Balaban J connectivity index is 1.86. The number of esters is 2. The van der Waals surface area contributed by atoms with Gasteiger partial charge >= 0.3 is 17.9 Å². The molecule has 0 aliphatic carbocycles. The predicted molar refractivity (Wildman–Crippen MR) is 149 cm³/mol. The molecule has 0 spiro atoms. The molecule has 0 saturated carbocycles. The number of ether oxygens (including phenoxy) is 5.